The van der Waals surface area contributed by atoms with E-state index in [-0.39, 0.29) is 65.8 Å². The zero-order valence-electron chi connectivity index (χ0n) is 31.5. The van der Waals surface area contributed by atoms with Gasteiger partial charge in [-0.25, -0.2) is 4.79 Å². The summed E-state index contributed by atoms with van der Waals surface area (Å²) in [6.45, 7) is 6.34. The number of aromatic carboxylic acids is 1. The predicted octanol–water partition coefficient (Wildman–Crippen LogP) is 2.17. The second kappa shape index (κ2) is 17.1. The molecule has 294 valence electrons. The number of fused-ring (bicyclic) bond motifs is 2. The van der Waals surface area contributed by atoms with Crippen LogP contribution in [0.1, 0.15) is 60.7 Å². The van der Waals surface area contributed by atoms with Crippen LogP contribution in [0.5, 0.6) is 0 Å². The molecule has 1 unspecified atom stereocenters. The molecule has 14 nitrogen and oxygen atoms in total. The molecule has 0 amide bonds. The minimum atomic E-state index is -4.61. The Hall–Kier alpha value is -3.65. The van der Waals surface area contributed by atoms with Crippen LogP contribution < -0.4 is 40.2 Å². The normalized spacial score (nSPS) is 18.8. The van der Waals surface area contributed by atoms with Gasteiger partial charge in [-0.2, -0.15) is 29.8 Å². The molecule has 2 heterocycles. The Bertz CT molecular complexity index is 2480. The molecule has 0 aromatic heterocycles. The van der Waals surface area contributed by atoms with Gasteiger partial charge in [-0.15, -0.1) is 0 Å². The largest absolute Gasteiger partial charge is 1.00 e. The number of benzene rings is 3. The summed E-state index contributed by atoms with van der Waals surface area (Å²) in [5, 5.41) is 9.43. The minimum absolute atomic E-state index is 0. The molecule has 0 saturated heterocycles. The summed E-state index contributed by atoms with van der Waals surface area (Å²) < 4.78 is 102. The van der Waals surface area contributed by atoms with Crippen molar-refractivity contribution in [2.75, 3.05) is 35.2 Å². The summed E-state index contributed by atoms with van der Waals surface area (Å²) in [5.74, 6) is -2.03. The van der Waals surface area contributed by atoms with Crippen LogP contribution in [0.3, 0.4) is 0 Å². The van der Waals surface area contributed by atoms with Crippen LogP contribution in [-0.2, 0) is 47.6 Å². The van der Waals surface area contributed by atoms with Gasteiger partial charge in [0.05, 0.1) is 27.4 Å². The van der Waals surface area contributed by atoms with E-state index in [1.807, 2.05) is 54.5 Å². The van der Waals surface area contributed by atoms with Crippen molar-refractivity contribution in [3.63, 3.8) is 0 Å². The average Bonchev–Trinajstić information content (AvgIpc) is 3.42. The van der Waals surface area contributed by atoms with Crippen molar-refractivity contribution in [1.29, 1.82) is 0 Å². The van der Waals surface area contributed by atoms with E-state index < -0.39 is 58.7 Å². The summed E-state index contributed by atoms with van der Waals surface area (Å²) in [6, 6.07) is 15.9. The van der Waals surface area contributed by atoms with E-state index in [9.17, 15) is 48.8 Å². The third-order valence-electron chi connectivity index (χ3n) is 9.98. The second-order valence-electron chi connectivity index (χ2n) is 14.3. The number of hydrogen-bond donors (Lipinski definition) is 5. The zero-order valence-corrected chi connectivity index (χ0v) is 35.9. The first-order valence-corrected chi connectivity index (χ1v) is 21.9. The molecule has 0 fully saturated rings. The summed E-state index contributed by atoms with van der Waals surface area (Å²) >= 11 is 0. The minimum Gasteiger partial charge on any atom is -0.478 e. The van der Waals surface area contributed by atoms with E-state index in [0.29, 0.717) is 29.2 Å². The van der Waals surface area contributed by atoms with Crippen molar-refractivity contribution in [1.82, 2.24) is 0 Å². The van der Waals surface area contributed by atoms with E-state index in [1.54, 1.807) is 36.4 Å². The van der Waals surface area contributed by atoms with Gasteiger partial charge >= 0.3 is 35.5 Å². The maximum Gasteiger partial charge on any atom is 1.00 e. The van der Waals surface area contributed by atoms with E-state index in [4.69, 9.17) is 5.73 Å². The molecule has 18 heteroatoms. The molecular weight excluding hydrogens is 794 g/mol. The van der Waals surface area contributed by atoms with Gasteiger partial charge in [0.2, 0.25) is 5.69 Å². The van der Waals surface area contributed by atoms with Gasteiger partial charge in [-0.05, 0) is 93.3 Å². The average molecular weight is 838 g/mol. The van der Waals surface area contributed by atoms with Crippen LogP contribution >= 0.6 is 0 Å². The number of carbonyl (C=O) groups is 1. The standard InChI is InChI=1S/C38H43N3O11S3.Na/c1-37(2)30-23-28(39)15-17-32(30)40(19-7-21-53(44,45)46)34(37)9-5-4-6-10-35-38(3,25-26-11-13-27(14-12-26)36(42)43)31-24-29(55(50,51)52)16-18-33(31)41(35)20-8-22-54(47,48)49;/h4-6,9-18,23-24H,7-8,19-22,25,39H2,1-3H3,(H3-,42,43,44,45,46,47,48,49,50,51,52);/q;+1/p+1. The van der Waals surface area contributed by atoms with Crippen LogP contribution in [0, 0.1) is 0 Å². The van der Waals surface area contributed by atoms with E-state index in [1.165, 1.54) is 30.3 Å². The molecule has 0 aliphatic carbocycles. The SMILES string of the molecule is CC1(C)C(/C=C/C=C/C=C2/N(CCCS(=O)(=O)O)c3ccc(S(=O)(=O)O)cc3C2(C)Cc2ccc(C(=O)O)cc2)=[N+](CCCS(=O)(=O)O)c2ccc(N)cc21.[Na+]. The van der Waals surface area contributed by atoms with Gasteiger partial charge in [0, 0.05) is 53.2 Å². The van der Waals surface area contributed by atoms with Crippen molar-refractivity contribution in [3.8, 4) is 0 Å². The van der Waals surface area contributed by atoms with Crippen LogP contribution in [0.25, 0.3) is 0 Å². The molecule has 0 bridgehead atoms. The summed E-state index contributed by atoms with van der Waals surface area (Å²) in [5.41, 5.74) is 10.4. The maximum atomic E-state index is 12.3. The molecule has 0 saturated carbocycles. The number of nitrogens with two attached hydrogens (primary N) is 1. The topological polar surface area (TPSA) is 233 Å². The first kappa shape index (κ1) is 45.1. The van der Waals surface area contributed by atoms with Crippen molar-refractivity contribution < 1.29 is 82.9 Å². The van der Waals surface area contributed by atoms with Gasteiger partial charge in [-0.1, -0.05) is 30.4 Å². The molecule has 6 N–H and O–H groups in total. The fourth-order valence-electron chi connectivity index (χ4n) is 7.39. The molecule has 2 aliphatic rings. The Labute approximate surface area is 349 Å². The van der Waals surface area contributed by atoms with Crippen molar-refractivity contribution in [2.24, 2.45) is 0 Å². The molecule has 0 radical (unpaired) electrons. The fraction of sp³-hybridized carbons (Fsp3) is 0.316. The molecule has 3 aromatic rings. The monoisotopic (exact) mass is 837 g/mol. The summed E-state index contributed by atoms with van der Waals surface area (Å²) in [6.07, 6.45) is 9.49. The first-order valence-electron chi connectivity index (χ1n) is 17.2. The Morgan fingerprint density at radius 1 is 0.821 bits per heavy atom. The number of anilines is 2. The van der Waals surface area contributed by atoms with E-state index in [2.05, 4.69) is 0 Å². The van der Waals surface area contributed by atoms with Crippen LogP contribution in [0.15, 0.2) is 102 Å². The van der Waals surface area contributed by atoms with Gasteiger partial charge in [0.25, 0.3) is 30.4 Å². The molecule has 0 spiro atoms. The Morgan fingerprint density at radius 3 is 2.07 bits per heavy atom. The van der Waals surface area contributed by atoms with E-state index >= 15 is 0 Å². The molecule has 1 atom stereocenters. The number of nitrogen functional groups attached to an aromatic ring is 1. The fourth-order valence-corrected chi connectivity index (χ4v) is 8.89. The zero-order chi connectivity index (χ0) is 40.6. The molecular formula is C38H44N3NaO11S3+2. The molecule has 56 heavy (non-hydrogen) atoms. The van der Waals surface area contributed by atoms with Crippen LogP contribution in [0.2, 0.25) is 0 Å². The third kappa shape index (κ3) is 10.3. The van der Waals surface area contributed by atoms with E-state index in [0.717, 1.165) is 22.5 Å². The van der Waals surface area contributed by atoms with Crippen molar-refractivity contribution in [2.45, 2.75) is 55.8 Å². The van der Waals surface area contributed by atoms with Gasteiger partial charge < -0.3 is 15.7 Å². The van der Waals surface area contributed by atoms with Crippen LogP contribution in [0.4, 0.5) is 17.1 Å². The Balaban J connectivity index is 0.00000696. The quantitative estimate of drug-likeness (QED) is 0.0487. The molecule has 2 aliphatic heterocycles. The molecule has 5 rings (SSSR count). The number of carboxylic acids is 1. The van der Waals surface area contributed by atoms with Crippen molar-refractivity contribution in [3.05, 3.63) is 119 Å². The maximum absolute atomic E-state index is 12.3. The summed E-state index contributed by atoms with van der Waals surface area (Å²) in [7, 11) is -13.1. The van der Waals surface area contributed by atoms with Crippen LogP contribution in [-0.4, -0.2) is 84.9 Å². The number of hydrogen-bond acceptors (Lipinski definition) is 9. The first-order chi connectivity index (χ1) is 25.5. The number of allylic oxidation sites excluding steroid dienone is 6. The van der Waals surface area contributed by atoms with Gasteiger partial charge in [0.1, 0.15) is 6.54 Å². The third-order valence-corrected chi connectivity index (χ3v) is 12.4. The van der Waals surface area contributed by atoms with Crippen molar-refractivity contribution >= 4 is 59.1 Å². The molecule has 3 aromatic carbocycles. The number of carboxylic acid groups (broad SMARTS) is 1. The van der Waals surface area contributed by atoms with Gasteiger partial charge in [-0.3, -0.25) is 13.7 Å². The Kier molecular flexibility index (Phi) is 13.7. The number of nitrogens with zero attached hydrogens (tertiary/aromatic N) is 2. The van der Waals surface area contributed by atoms with Gasteiger partial charge in [0.15, 0.2) is 5.71 Å². The summed E-state index contributed by atoms with van der Waals surface area (Å²) in [4.78, 5) is 13.0. The predicted molar refractivity (Wildman–Crippen MR) is 210 cm³/mol. The Morgan fingerprint density at radius 2 is 1.46 bits per heavy atom. The second-order valence-corrected chi connectivity index (χ2v) is 18.9. The smallest absolute Gasteiger partial charge is 0.478 e. The number of rotatable bonds is 15.